The number of benzene rings is 2. The molecule has 3 nitrogen and oxygen atoms in total. The number of imidazole rings is 1. The number of fused-ring (bicyclic) bond motifs is 6. The van der Waals surface area contributed by atoms with Crippen molar-refractivity contribution in [2.75, 3.05) is 0 Å². The molecule has 1 radical (unpaired) electrons. The van der Waals surface area contributed by atoms with Crippen LogP contribution in [-0.2, 0) is 32.9 Å². The zero-order chi connectivity index (χ0) is 21.5. The molecule has 0 unspecified atom stereocenters. The normalized spacial score (nSPS) is 11.7. The van der Waals surface area contributed by atoms with Gasteiger partial charge in [0.2, 0.25) is 0 Å². The second-order valence-corrected chi connectivity index (χ2v) is 9.31. The van der Waals surface area contributed by atoms with E-state index in [1.165, 1.54) is 33.0 Å². The number of rotatable bonds is 5. The number of nitrogens with zero attached hydrogens (tertiary/aromatic N) is 3. The molecule has 0 aliphatic heterocycles. The van der Waals surface area contributed by atoms with Crippen LogP contribution >= 0.6 is 0 Å². The van der Waals surface area contributed by atoms with E-state index in [4.69, 9.17) is 4.98 Å². The van der Waals surface area contributed by atoms with Crippen LogP contribution in [0, 0.1) is 17.9 Å². The minimum atomic E-state index is 0. The van der Waals surface area contributed by atoms with Crippen molar-refractivity contribution in [2.24, 2.45) is 11.8 Å². The molecule has 0 amide bonds. The molecule has 0 N–H and O–H groups in total. The molecule has 4 heteroatoms. The Morgan fingerprint density at radius 2 is 1.50 bits per heavy atom. The van der Waals surface area contributed by atoms with Crippen molar-refractivity contribution in [1.29, 1.82) is 0 Å². The van der Waals surface area contributed by atoms with Crippen LogP contribution in [0.4, 0.5) is 0 Å². The van der Waals surface area contributed by atoms with Crippen LogP contribution in [0.5, 0.6) is 0 Å². The van der Waals surface area contributed by atoms with Gasteiger partial charge in [-0.1, -0.05) is 51.3 Å². The fraction of sp³-hybridized carbons (Fsp3) is 0.286. The molecule has 0 fully saturated rings. The van der Waals surface area contributed by atoms with Crippen LogP contribution < -0.4 is 0 Å². The fourth-order valence-electron chi connectivity index (χ4n) is 4.76. The summed E-state index contributed by atoms with van der Waals surface area (Å²) in [6.07, 6.45) is 8.14. The van der Waals surface area contributed by atoms with Gasteiger partial charge in [0.15, 0.2) is 0 Å². The SMILES string of the molecule is CC(C)Cc1cncc(CC(C)C)c1-c1cnc2c3[c-]cccc3c3ccccc3n12.[Ir]. The predicted molar refractivity (Wildman–Crippen MR) is 129 cm³/mol. The molecule has 0 aliphatic carbocycles. The second-order valence-electron chi connectivity index (χ2n) is 9.31. The monoisotopic (exact) mass is 599 g/mol. The Morgan fingerprint density at radius 3 is 2.19 bits per heavy atom. The second kappa shape index (κ2) is 9.13. The van der Waals surface area contributed by atoms with E-state index in [9.17, 15) is 0 Å². The van der Waals surface area contributed by atoms with Crippen LogP contribution in [0.25, 0.3) is 38.6 Å². The molecular formula is C28H28IrN3-. The van der Waals surface area contributed by atoms with Gasteiger partial charge in [-0.25, -0.2) is 0 Å². The van der Waals surface area contributed by atoms with Crippen molar-refractivity contribution in [3.8, 4) is 11.3 Å². The zero-order valence-corrected chi connectivity index (χ0v) is 21.4. The largest absolute Gasteiger partial charge is 0.333 e. The van der Waals surface area contributed by atoms with Gasteiger partial charge in [0.1, 0.15) is 0 Å². The van der Waals surface area contributed by atoms with Crippen LogP contribution in [-0.4, -0.2) is 14.4 Å². The van der Waals surface area contributed by atoms with Crippen LogP contribution in [0.3, 0.4) is 0 Å². The molecule has 2 aromatic carbocycles. The van der Waals surface area contributed by atoms with Crippen molar-refractivity contribution in [2.45, 2.75) is 40.5 Å². The van der Waals surface area contributed by atoms with Crippen molar-refractivity contribution in [3.63, 3.8) is 0 Å². The standard InChI is InChI=1S/C28H28N3.Ir/c1-18(2)13-20-15-29-16-21(14-19(3)4)27(20)26-17-30-28-24-11-6-5-9-22(24)23-10-7-8-12-25(23)31(26)28;/h5-10,12,15-19H,13-14H2,1-4H3;/q-1;. The molecule has 0 saturated carbocycles. The van der Waals surface area contributed by atoms with Gasteiger partial charge in [0, 0.05) is 49.8 Å². The third-order valence-corrected chi connectivity index (χ3v) is 5.89. The summed E-state index contributed by atoms with van der Waals surface area (Å²) in [6.45, 7) is 9.08. The summed E-state index contributed by atoms with van der Waals surface area (Å²) in [5.74, 6) is 1.11. The summed E-state index contributed by atoms with van der Waals surface area (Å²) >= 11 is 0. The first-order valence-electron chi connectivity index (χ1n) is 11.2. The maximum absolute atomic E-state index is 4.93. The summed E-state index contributed by atoms with van der Waals surface area (Å²) in [7, 11) is 0. The molecule has 0 bridgehead atoms. The molecule has 0 spiro atoms. The van der Waals surface area contributed by atoms with Crippen molar-refractivity contribution < 1.29 is 20.1 Å². The Bertz CT molecular complexity index is 1370. The maximum atomic E-state index is 4.93. The Kier molecular flexibility index (Phi) is 6.46. The maximum Gasteiger partial charge on any atom is 0.0640 e. The summed E-state index contributed by atoms with van der Waals surface area (Å²) in [5, 5.41) is 3.49. The van der Waals surface area contributed by atoms with E-state index in [0.717, 1.165) is 29.6 Å². The Balaban J connectivity index is 0.00000245. The minimum absolute atomic E-state index is 0. The molecule has 5 aromatic rings. The average Bonchev–Trinajstić information content (AvgIpc) is 3.18. The summed E-state index contributed by atoms with van der Waals surface area (Å²) in [4.78, 5) is 9.54. The number of aromatic nitrogens is 3. The van der Waals surface area contributed by atoms with Crippen LogP contribution in [0.15, 0.2) is 61.1 Å². The summed E-state index contributed by atoms with van der Waals surface area (Å²) in [6, 6.07) is 18.3. The van der Waals surface area contributed by atoms with E-state index in [0.29, 0.717) is 11.8 Å². The van der Waals surface area contributed by atoms with Gasteiger partial charge in [0.05, 0.1) is 11.3 Å². The van der Waals surface area contributed by atoms with Gasteiger partial charge in [-0.15, -0.1) is 29.7 Å². The molecule has 0 saturated heterocycles. The summed E-state index contributed by atoms with van der Waals surface area (Å²) in [5.41, 5.74) is 7.20. The molecule has 0 atom stereocenters. The van der Waals surface area contributed by atoms with E-state index in [-0.39, 0.29) is 20.1 Å². The first kappa shape index (κ1) is 22.6. The molecule has 32 heavy (non-hydrogen) atoms. The van der Waals surface area contributed by atoms with Crippen molar-refractivity contribution in [1.82, 2.24) is 14.4 Å². The quantitative estimate of drug-likeness (QED) is 0.163. The van der Waals surface area contributed by atoms with E-state index in [1.54, 1.807) is 0 Å². The minimum Gasteiger partial charge on any atom is -0.333 e. The molecule has 165 valence electrons. The average molecular weight is 599 g/mol. The Morgan fingerprint density at radius 1 is 0.844 bits per heavy atom. The van der Waals surface area contributed by atoms with Gasteiger partial charge in [-0.3, -0.25) is 9.97 Å². The molecule has 3 aromatic heterocycles. The fourth-order valence-corrected chi connectivity index (χ4v) is 4.76. The van der Waals surface area contributed by atoms with Gasteiger partial charge in [0.25, 0.3) is 0 Å². The summed E-state index contributed by atoms with van der Waals surface area (Å²) < 4.78 is 2.33. The zero-order valence-electron chi connectivity index (χ0n) is 19.0. The number of para-hydroxylation sites is 1. The van der Waals surface area contributed by atoms with E-state index in [1.807, 2.05) is 24.7 Å². The topological polar surface area (TPSA) is 30.2 Å². The Labute approximate surface area is 203 Å². The molecule has 3 heterocycles. The predicted octanol–water partition coefficient (Wildman–Crippen LogP) is 6.90. The van der Waals surface area contributed by atoms with Gasteiger partial charge < -0.3 is 4.40 Å². The van der Waals surface area contributed by atoms with Crippen molar-refractivity contribution >= 4 is 27.3 Å². The number of pyridine rings is 2. The van der Waals surface area contributed by atoms with Crippen LogP contribution in [0.2, 0.25) is 0 Å². The molecular weight excluding hydrogens is 571 g/mol. The van der Waals surface area contributed by atoms with E-state index < -0.39 is 0 Å². The van der Waals surface area contributed by atoms with Crippen LogP contribution in [0.1, 0.15) is 38.8 Å². The Hall–Kier alpha value is -2.55. The molecule has 5 rings (SSSR count). The van der Waals surface area contributed by atoms with E-state index >= 15 is 0 Å². The van der Waals surface area contributed by atoms with Gasteiger partial charge in [-0.05, 0) is 47.3 Å². The van der Waals surface area contributed by atoms with Gasteiger partial charge in [-0.2, -0.15) is 0 Å². The van der Waals surface area contributed by atoms with E-state index in [2.05, 4.69) is 79.5 Å². The van der Waals surface area contributed by atoms with Gasteiger partial charge >= 0.3 is 0 Å². The first-order valence-corrected chi connectivity index (χ1v) is 11.2. The molecule has 0 aliphatic rings. The third-order valence-electron chi connectivity index (χ3n) is 5.89. The number of hydrogen-bond acceptors (Lipinski definition) is 2. The first-order chi connectivity index (χ1) is 15.0. The van der Waals surface area contributed by atoms with Crippen molar-refractivity contribution in [3.05, 3.63) is 78.2 Å². The third kappa shape index (κ3) is 3.87. The number of hydrogen-bond donors (Lipinski definition) is 0. The smallest absolute Gasteiger partial charge is 0.0640 e.